The molecule has 0 aliphatic heterocycles. The molecule has 0 aromatic carbocycles. The van der Waals surface area contributed by atoms with Gasteiger partial charge < -0.3 is 11.3 Å². The first-order valence-corrected chi connectivity index (χ1v) is 4.55. The van der Waals surface area contributed by atoms with E-state index in [9.17, 15) is 18.0 Å². The topological polar surface area (TPSA) is 118 Å². The summed E-state index contributed by atoms with van der Waals surface area (Å²) in [6, 6.07) is 0. The van der Waals surface area contributed by atoms with Crippen LogP contribution < -0.4 is 51.4 Å². The number of rotatable bonds is 4. The van der Waals surface area contributed by atoms with E-state index in [1.54, 1.807) is 0 Å². The second-order valence-electron chi connectivity index (χ2n) is 2.12. The third-order valence-electron chi connectivity index (χ3n) is 1.18. The molecule has 0 fully saturated rings. The zero-order chi connectivity index (χ0) is 10.6. The van der Waals surface area contributed by atoms with Gasteiger partial charge in [0.2, 0.25) is 0 Å². The van der Waals surface area contributed by atoms with Crippen molar-refractivity contribution in [3.05, 3.63) is 0 Å². The summed E-state index contributed by atoms with van der Waals surface area (Å²) in [4.78, 5) is 20.8. The Bertz CT molecular complexity index is 313. The zero-order valence-corrected chi connectivity index (χ0v) is 11.6. The van der Waals surface area contributed by atoms with E-state index in [0.717, 1.165) is 7.11 Å². The second-order valence-corrected chi connectivity index (χ2v) is 3.72. The Morgan fingerprint density at radius 2 is 1.93 bits per heavy atom. The Morgan fingerprint density at radius 1 is 1.50 bits per heavy atom. The van der Waals surface area contributed by atoms with E-state index < -0.39 is 33.7 Å². The van der Waals surface area contributed by atoms with Crippen molar-refractivity contribution >= 4 is 22.1 Å². The maximum Gasteiger partial charge on any atom is 1.00 e. The molecule has 1 unspecified atom stereocenters. The molecule has 0 rings (SSSR count). The van der Waals surface area contributed by atoms with E-state index in [1.807, 2.05) is 0 Å². The number of aliphatic carboxylic acids is 1. The number of carboxylic acid groups (broad SMARTS) is 1. The van der Waals surface area contributed by atoms with Crippen molar-refractivity contribution < 1.29 is 85.2 Å². The molecule has 0 saturated carbocycles. The third-order valence-corrected chi connectivity index (χ3v) is 2.26. The van der Waals surface area contributed by atoms with Gasteiger partial charge in [-0.2, -0.15) is 8.42 Å². The molecule has 0 aliphatic carbocycles. The fourth-order valence-electron chi connectivity index (χ4n) is 0.600. The van der Waals surface area contributed by atoms with Crippen LogP contribution in [0.25, 0.3) is 0 Å². The Kier molecular flexibility index (Phi) is 8.30. The molecule has 0 spiro atoms. The fraction of sp³-hybridized carbons (Fsp3) is 0.600. The van der Waals surface area contributed by atoms with Crippen LogP contribution in [0.15, 0.2) is 0 Å². The van der Waals surface area contributed by atoms with E-state index in [2.05, 4.69) is 4.74 Å². The standard InChI is InChI=1S/C5H8O7S.K.H/c1-12-5(8)3(2-4(6)7)13(9,10)11;;/h3H,2H2,1H3,(H,6,7)(H,9,10,11);;/q;+1;-1. The summed E-state index contributed by atoms with van der Waals surface area (Å²) in [6.07, 6.45) is -1.02. The van der Waals surface area contributed by atoms with Crippen LogP contribution in [-0.4, -0.2) is 42.4 Å². The molecule has 14 heavy (non-hydrogen) atoms. The van der Waals surface area contributed by atoms with Crippen molar-refractivity contribution in [2.24, 2.45) is 0 Å². The molecule has 78 valence electrons. The van der Waals surface area contributed by atoms with E-state index in [1.165, 1.54) is 0 Å². The molecule has 0 amide bonds. The van der Waals surface area contributed by atoms with Gasteiger partial charge in [-0.3, -0.25) is 14.1 Å². The molecule has 0 radical (unpaired) electrons. The maximum atomic E-state index is 10.7. The maximum absolute atomic E-state index is 10.7. The molecule has 0 aliphatic rings. The summed E-state index contributed by atoms with van der Waals surface area (Å²) in [5.74, 6) is -2.82. The largest absolute Gasteiger partial charge is 1.00 e. The van der Waals surface area contributed by atoms with Crippen LogP contribution in [0.1, 0.15) is 7.85 Å². The molecular weight excluding hydrogens is 243 g/mol. The number of carboxylic acids is 1. The molecule has 0 saturated heterocycles. The van der Waals surface area contributed by atoms with Crippen LogP contribution in [0, 0.1) is 0 Å². The monoisotopic (exact) mass is 252 g/mol. The molecular formula is C5H9KO7S. The summed E-state index contributed by atoms with van der Waals surface area (Å²) in [7, 11) is -3.84. The minimum absolute atomic E-state index is 0. The fourth-order valence-corrected chi connectivity index (χ4v) is 1.29. The zero-order valence-electron chi connectivity index (χ0n) is 8.63. The van der Waals surface area contributed by atoms with Crippen molar-refractivity contribution in [2.75, 3.05) is 7.11 Å². The molecule has 2 N–H and O–H groups in total. The predicted octanol–water partition coefficient (Wildman–Crippen LogP) is -3.99. The van der Waals surface area contributed by atoms with Crippen LogP contribution in [0.2, 0.25) is 0 Å². The summed E-state index contributed by atoms with van der Waals surface area (Å²) in [5.41, 5.74) is 0. The van der Waals surface area contributed by atoms with Gasteiger partial charge in [0, 0.05) is 0 Å². The van der Waals surface area contributed by atoms with E-state index in [4.69, 9.17) is 9.66 Å². The summed E-state index contributed by atoms with van der Waals surface area (Å²) in [5, 5.41) is 6.15. The number of esters is 1. The number of ether oxygens (including phenoxy) is 1. The number of carbonyl (C=O) groups excluding carboxylic acids is 1. The van der Waals surface area contributed by atoms with Crippen LogP contribution in [0.4, 0.5) is 0 Å². The molecule has 0 aromatic heterocycles. The molecule has 0 aromatic rings. The third kappa shape index (κ3) is 6.06. The molecule has 1 atom stereocenters. The minimum atomic E-state index is -4.73. The molecule has 0 heterocycles. The Morgan fingerprint density at radius 3 is 2.14 bits per heavy atom. The first-order valence-electron chi connectivity index (χ1n) is 3.05. The minimum Gasteiger partial charge on any atom is -1.00 e. The van der Waals surface area contributed by atoms with Gasteiger partial charge in [-0.15, -0.1) is 0 Å². The van der Waals surface area contributed by atoms with E-state index in [-0.39, 0.29) is 52.8 Å². The van der Waals surface area contributed by atoms with Crippen LogP contribution in [0.5, 0.6) is 0 Å². The van der Waals surface area contributed by atoms with Gasteiger partial charge in [0.15, 0.2) is 5.25 Å². The number of hydrogen-bond acceptors (Lipinski definition) is 5. The molecule has 0 bridgehead atoms. The van der Waals surface area contributed by atoms with Crippen LogP contribution in [0.3, 0.4) is 0 Å². The van der Waals surface area contributed by atoms with Crippen molar-refractivity contribution in [3.63, 3.8) is 0 Å². The van der Waals surface area contributed by atoms with Gasteiger partial charge in [0.25, 0.3) is 10.1 Å². The van der Waals surface area contributed by atoms with Gasteiger partial charge in [-0.1, -0.05) is 0 Å². The average Bonchev–Trinajstić information content (AvgIpc) is 1.96. The SMILES string of the molecule is COC(=O)C(CC(=O)O)S(=O)(=O)O.[H-].[K+]. The van der Waals surface area contributed by atoms with Gasteiger partial charge in [-0.25, -0.2) is 0 Å². The summed E-state index contributed by atoms with van der Waals surface area (Å²) in [6.45, 7) is 0. The van der Waals surface area contributed by atoms with Gasteiger partial charge in [-0.05, 0) is 0 Å². The van der Waals surface area contributed by atoms with Crippen LogP contribution in [-0.2, 0) is 24.4 Å². The quantitative estimate of drug-likeness (QED) is 0.297. The van der Waals surface area contributed by atoms with Crippen molar-refractivity contribution in [3.8, 4) is 0 Å². The molecule has 7 nitrogen and oxygen atoms in total. The van der Waals surface area contributed by atoms with Crippen molar-refractivity contribution in [2.45, 2.75) is 11.7 Å². The van der Waals surface area contributed by atoms with E-state index in [0.29, 0.717) is 0 Å². The summed E-state index contributed by atoms with van der Waals surface area (Å²) >= 11 is 0. The average molecular weight is 252 g/mol. The molecule has 9 heteroatoms. The van der Waals surface area contributed by atoms with Gasteiger partial charge in [0.05, 0.1) is 13.5 Å². The predicted molar refractivity (Wildman–Crippen MR) is 40.7 cm³/mol. The first kappa shape index (κ1) is 16.9. The van der Waals surface area contributed by atoms with Gasteiger partial charge >= 0.3 is 63.3 Å². The first-order chi connectivity index (χ1) is 5.79. The van der Waals surface area contributed by atoms with Crippen molar-refractivity contribution in [1.82, 2.24) is 0 Å². The Balaban J connectivity index is -0.000000720. The number of carbonyl (C=O) groups is 2. The van der Waals surface area contributed by atoms with E-state index >= 15 is 0 Å². The van der Waals surface area contributed by atoms with Gasteiger partial charge in [0.1, 0.15) is 0 Å². The Hall–Kier alpha value is 0.486. The Labute approximate surface area is 124 Å². The van der Waals surface area contributed by atoms with Crippen molar-refractivity contribution in [1.29, 1.82) is 0 Å². The number of hydrogen-bond donors (Lipinski definition) is 2. The smallest absolute Gasteiger partial charge is 1.00 e. The normalized spacial score (nSPS) is 12.4. The second kappa shape index (κ2) is 6.88. The summed E-state index contributed by atoms with van der Waals surface area (Å²) < 4.78 is 33.4. The number of methoxy groups -OCH3 is 1. The van der Waals surface area contributed by atoms with Crippen LogP contribution >= 0.6 is 0 Å².